The lowest BCUT2D eigenvalue weighted by atomic mass is 9.82. The first-order valence-corrected chi connectivity index (χ1v) is 4.57. The summed E-state index contributed by atoms with van der Waals surface area (Å²) in [4.78, 5) is 0. The van der Waals surface area contributed by atoms with Gasteiger partial charge in [0.15, 0.2) is 0 Å². The lowest BCUT2D eigenvalue weighted by Crippen LogP contribution is -2.16. The molecule has 0 amide bonds. The first kappa shape index (κ1) is 9.08. The van der Waals surface area contributed by atoms with Crippen LogP contribution in [0, 0.1) is 11.8 Å². The Balaban J connectivity index is 2.30. The average Bonchev–Trinajstić information content (AvgIpc) is 2.05. The Morgan fingerprint density at radius 2 is 1.91 bits per heavy atom. The number of allylic oxidation sites excluding steroid dienone is 1. The number of hydrogen-bond donors (Lipinski definition) is 1. The van der Waals surface area contributed by atoms with Crippen molar-refractivity contribution in [1.82, 2.24) is 0 Å². The lowest BCUT2D eigenvalue weighted by molar-refractivity contribution is 0.177. The Bertz CT molecular complexity index is 136. The molecule has 1 aliphatic carbocycles. The molecule has 0 aromatic heterocycles. The van der Waals surface area contributed by atoms with E-state index >= 15 is 0 Å². The van der Waals surface area contributed by atoms with Gasteiger partial charge in [0, 0.05) is 11.6 Å². The van der Waals surface area contributed by atoms with Crippen molar-refractivity contribution in [3.63, 3.8) is 0 Å². The zero-order valence-electron chi connectivity index (χ0n) is 6.72. The molecule has 1 rings (SSSR count). The number of aliphatic hydroxyl groups is 1. The lowest BCUT2D eigenvalue weighted by Gasteiger charge is -2.26. The summed E-state index contributed by atoms with van der Waals surface area (Å²) < 4.78 is 0. The molecule has 64 valence electrons. The predicted octanol–water partition coefficient (Wildman–Crippen LogP) is 2.54. The SMILES string of the molecule is C=C(Cl)C1CCC(CO)CC1. The Morgan fingerprint density at radius 1 is 1.36 bits per heavy atom. The molecule has 0 unspecified atom stereocenters. The highest BCUT2D eigenvalue weighted by Gasteiger charge is 2.21. The molecule has 0 aliphatic heterocycles. The molecule has 0 saturated heterocycles. The van der Waals surface area contributed by atoms with Crippen LogP contribution < -0.4 is 0 Å². The van der Waals surface area contributed by atoms with Gasteiger partial charge in [-0.25, -0.2) is 0 Å². The maximum atomic E-state index is 8.86. The van der Waals surface area contributed by atoms with Gasteiger partial charge in [-0.05, 0) is 37.5 Å². The topological polar surface area (TPSA) is 20.2 Å². The molecule has 1 saturated carbocycles. The van der Waals surface area contributed by atoms with Gasteiger partial charge in [-0.2, -0.15) is 0 Å². The second-order valence-electron chi connectivity index (χ2n) is 3.35. The van der Waals surface area contributed by atoms with Gasteiger partial charge in [-0.3, -0.25) is 0 Å². The van der Waals surface area contributed by atoms with Gasteiger partial charge in [0.25, 0.3) is 0 Å². The summed E-state index contributed by atoms with van der Waals surface area (Å²) in [7, 11) is 0. The van der Waals surface area contributed by atoms with Gasteiger partial charge in [-0.1, -0.05) is 18.2 Å². The maximum absolute atomic E-state index is 8.86. The van der Waals surface area contributed by atoms with E-state index in [4.69, 9.17) is 16.7 Å². The first-order chi connectivity index (χ1) is 5.24. The summed E-state index contributed by atoms with van der Waals surface area (Å²) in [6.45, 7) is 4.07. The van der Waals surface area contributed by atoms with Crippen molar-refractivity contribution in [2.24, 2.45) is 11.8 Å². The van der Waals surface area contributed by atoms with E-state index in [9.17, 15) is 0 Å². The van der Waals surface area contributed by atoms with Gasteiger partial charge in [0.1, 0.15) is 0 Å². The van der Waals surface area contributed by atoms with Crippen molar-refractivity contribution >= 4 is 11.6 Å². The number of hydrogen-bond acceptors (Lipinski definition) is 1. The predicted molar refractivity (Wildman–Crippen MR) is 47.5 cm³/mol. The highest BCUT2D eigenvalue weighted by Crippen LogP contribution is 2.33. The summed E-state index contributed by atoms with van der Waals surface area (Å²) in [5.41, 5.74) is 0. The zero-order chi connectivity index (χ0) is 8.27. The number of halogens is 1. The van der Waals surface area contributed by atoms with Gasteiger partial charge >= 0.3 is 0 Å². The molecule has 1 aliphatic rings. The van der Waals surface area contributed by atoms with Crippen LogP contribution in [0.15, 0.2) is 11.6 Å². The second-order valence-corrected chi connectivity index (χ2v) is 3.83. The Kier molecular flexibility index (Phi) is 3.41. The normalized spacial score (nSPS) is 31.8. The third kappa shape index (κ3) is 2.49. The molecule has 1 nitrogen and oxygen atoms in total. The zero-order valence-corrected chi connectivity index (χ0v) is 7.48. The van der Waals surface area contributed by atoms with E-state index in [2.05, 4.69) is 6.58 Å². The smallest absolute Gasteiger partial charge is 0.0459 e. The Hall–Kier alpha value is -0.0100. The van der Waals surface area contributed by atoms with Crippen LogP contribution in [-0.2, 0) is 0 Å². The molecule has 0 atom stereocenters. The van der Waals surface area contributed by atoms with E-state index in [1.165, 1.54) is 0 Å². The third-order valence-electron chi connectivity index (χ3n) is 2.55. The molecular formula is C9H15ClO. The van der Waals surface area contributed by atoms with Crippen molar-refractivity contribution in [1.29, 1.82) is 0 Å². The molecule has 0 aromatic carbocycles. The van der Waals surface area contributed by atoms with Crippen molar-refractivity contribution in [3.05, 3.63) is 11.6 Å². The Morgan fingerprint density at radius 3 is 2.27 bits per heavy atom. The molecule has 0 bridgehead atoms. The average molecular weight is 175 g/mol. The summed E-state index contributed by atoms with van der Waals surface area (Å²) in [6, 6.07) is 0. The van der Waals surface area contributed by atoms with E-state index in [1.54, 1.807) is 0 Å². The minimum atomic E-state index is 0.335. The fourth-order valence-electron chi connectivity index (χ4n) is 1.66. The van der Waals surface area contributed by atoms with E-state index in [1.807, 2.05) is 0 Å². The molecule has 0 radical (unpaired) electrons. The first-order valence-electron chi connectivity index (χ1n) is 4.19. The molecule has 2 heteroatoms. The summed E-state index contributed by atoms with van der Waals surface area (Å²) >= 11 is 5.79. The summed E-state index contributed by atoms with van der Waals surface area (Å²) in [6.07, 6.45) is 4.42. The maximum Gasteiger partial charge on any atom is 0.0459 e. The van der Waals surface area contributed by atoms with Crippen LogP contribution in [0.4, 0.5) is 0 Å². The molecule has 0 aromatic rings. The molecule has 0 heterocycles. The van der Waals surface area contributed by atoms with Crippen molar-refractivity contribution in [2.45, 2.75) is 25.7 Å². The van der Waals surface area contributed by atoms with Gasteiger partial charge in [-0.15, -0.1) is 0 Å². The van der Waals surface area contributed by atoms with Crippen LogP contribution in [0.25, 0.3) is 0 Å². The van der Waals surface area contributed by atoms with Crippen LogP contribution in [0.3, 0.4) is 0 Å². The summed E-state index contributed by atoms with van der Waals surface area (Å²) in [5, 5.41) is 9.65. The van der Waals surface area contributed by atoms with Crippen LogP contribution in [0.1, 0.15) is 25.7 Å². The number of rotatable bonds is 2. The Labute approximate surface area is 73.1 Å². The summed E-state index contributed by atoms with van der Waals surface area (Å²) in [5.74, 6) is 1.02. The molecule has 11 heavy (non-hydrogen) atoms. The van der Waals surface area contributed by atoms with Crippen molar-refractivity contribution in [3.8, 4) is 0 Å². The van der Waals surface area contributed by atoms with E-state index in [0.29, 0.717) is 18.4 Å². The van der Waals surface area contributed by atoms with Gasteiger partial charge in [0.05, 0.1) is 0 Å². The van der Waals surface area contributed by atoms with Gasteiger partial charge in [0.2, 0.25) is 0 Å². The molecule has 1 N–H and O–H groups in total. The van der Waals surface area contributed by atoms with E-state index in [0.717, 1.165) is 30.7 Å². The minimum absolute atomic E-state index is 0.335. The van der Waals surface area contributed by atoms with Crippen LogP contribution in [-0.4, -0.2) is 11.7 Å². The third-order valence-corrected chi connectivity index (χ3v) is 2.86. The highest BCUT2D eigenvalue weighted by atomic mass is 35.5. The van der Waals surface area contributed by atoms with Gasteiger partial charge < -0.3 is 5.11 Å². The molecule has 1 fully saturated rings. The minimum Gasteiger partial charge on any atom is -0.396 e. The quantitative estimate of drug-likeness (QED) is 0.682. The molecule has 0 spiro atoms. The monoisotopic (exact) mass is 174 g/mol. The van der Waals surface area contributed by atoms with Crippen LogP contribution >= 0.6 is 11.6 Å². The van der Waals surface area contributed by atoms with Crippen molar-refractivity contribution in [2.75, 3.05) is 6.61 Å². The molecular weight excluding hydrogens is 160 g/mol. The second kappa shape index (κ2) is 4.13. The van der Waals surface area contributed by atoms with Crippen LogP contribution in [0.2, 0.25) is 0 Å². The van der Waals surface area contributed by atoms with E-state index < -0.39 is 0 Å². The van der Waals surface area contributed by atoms with E-state index in [-0.39, 0.29) is 0 Å². The standard InChI is InChI=1S/C9H15ClO/c1-7(10)9-4-2-8(6-11)3-5-9/h8-9,11H,1-6H2. The fraction of sp³-hybridized carbons (Fsp3) is 0.778. The highest BCUT2D eigenvalue weighted by molar-refractivity contribution is 6.29. The number of aliphatic hydroxyl groups excluding tert-OH is 1. The van der Waals surface area contributed by atoms with Crippen LogP contribution in [0.5, 0.6) is 0 Å². The largest absolute Gasteiger partial charge is 0.396 e. The fourth-order valence-corrected chi connectivity index (χ4v) is 1.88. The van der Waals surface area contributed by atoms with Crippen molar-refractivity contribution < 1.29 is 5.11 Å².